The third kappa shape index (κ3) is 4.53. The summed E-state index contributed by atoms with van der Waals surface area (Å²) in [5.74, 6) is 0.801. The smallest absolute Gasteiger partial charge is 0.321 e. The van der Waals surface area contributed by atoms with Gasteiger partial charge in [-0.1, -0.05) is 18.7 Å². The highest BCUT2D eigenvalue weighted by molar-refractivity contribution is 7.14. The topological polar surface area (TPSA) is 76.1 Å². The number of ether oxygens (including phenoxy) is 1. The third-order valence-electron chi connectivity index (χ3n) is 4.52. The monoisotopic (exact) mass is 398 g/mol. The van der Waals surface area contributed by atoms with Gasteiger partial charge in [0, 0.05) is 28.5 Å². The number of aromatic nitrogens is 2. The number of hydrogen-bond acceptors (Lipinski definition) is 5. The van der Waals surface area contributed by atoms with E-state index in [2.05, 4.69) is 34.1 Å². The van der Waals surface area contributed by atoms with Gasteiger partial charge in [-0.3, -0.25) is 10.3 Å². The Morgan fingerprint density at radius 2 is 1.89 bits per heavy atom. The molecule has 2 N–H and O–H groups in total. The van der Waals surface area contributed by atoms with E-state index < -0.39 is 9.52 Å². The molecule has 2 heterocycles. The molecule has 0 aliphatic heterocycles. The number of carbonyl (C=O) groups excluding carboxylic acids is 1. The van der Waals surface area contributed by atoms with Crippen LogP contribution in [0.15, 0.2) is 54.2 Å². The molecule has 1 aromatic carbocycles. The Kier molecular flexibility index (Phi) is 5.87. The normalized spacial score (nSPS) is 13.3. The Morgan fingerprint density at radius 1 is 1.19 bits per heavy atom. The highest BCUT2D eigenvalue weighted by Crippen LogP contribution is 2.25. The molecule has 1 unspecified atom stereocenters. The number of nitrogens with zero attached hydrogens (tertiary/aromatic N) is 2. The molecule has 3 aromatic rings. The number of carbonyl (C=O) groups is 1. The minimum atomic E-state index is -0.591. The Balaban J connectivity index is 1.69. The Labute approximate surface area is 164 Å². The van der Waals surface area contributed by atoms with Gasteiger partial charge in [-0.25, -0.2) is 9.78 Å². The lowest BCUT2D eigenvalue weighted by Crippen LogP contribution is -2.48. The van der Waals surface area contributed by atoms with E-state index >= 15 is 0 Å². The van der Waals surface area contributed by atoms with E-state index in [-0.39, 0.29) is 11.2 Å². The molecule has 0 saturated carbocycles. The van der Waals surface area contributed by atoms with Crippen LogP contribution in [-0.2, 0) is 5.16 Å². The molecule has 6 nitrogen and oxygen atoms in total. The van der Waals surface area contributed by atoms with Crippen LogP contribution in [0.1, 0.15) is 12.5 Å². The Morgan fingerprint density at radius 3 is 2.52 bits per heavy atom. The van der Waals surface area contributed by atoms with Crippen molar-refractivity contribution in [2.45, 2.75) is 18.6 Å². The highest BCUT2D eigenvalue weighted by atomic mass is 32.1. The van der Waals surface area contributed by atoms with Gasteiger partial charge < -0.3 is 10.1 Å². The second-order valence-corrected chi connectivity index (χ2v) is 9.25. The molecule has 0 radical (unpaired) electrons. The van der Waals surface area contributed by atoms with Gasteiger partial charge in [0.15, 0.2) is 5.13 Å². The van der Waals surface area contributed by atoms with Crippen molar-refractivity contribution in [2.75, 3.05) is 12.4 Å². The first-order valence-corrected chi connectivity index (χ1v) is 11.6. The first-order valence-electron chi connectivity index (χ1n) is 8.63. The van der Waals surface area contributed by atoms with Crippen LogP contribution in [0.5, 0.6) is 5.75 Å². The number of amides is 2. The summed E-state index contributed by atoms with van der Waals surface area (Å²) in [5.41, 5.74) is 2.86. The van der Waals surface area contributed by atoms with Crippen LogP contribution in [0.2, 0.25) is 6.55 Å². The summed E-state index contributed by atoms with van der Waals surface area (Å²) >= 11 is 1.40. The van der Waals surface area contributed by atoms with Gasteiger partial charge in [-0.05, 0) is 36.8 Å². The number of hydrogen-bond donors (Lipinski definition) is 2. The van der Waals surface area contributed by atoms with Crippen molar-refractivity contribution in [3.05, 3.63) is 59.7 Å². The van der Waals surface area contributed by atoms with Gasteiger partial charge >= 0.3 is 6.03 Å². The van der Waals surface area contributed by atoms with E-state index in [0.717, 1.165) is 22.6 Å². The SMILES string of the molecule is COc1ccc(C(C)(NC(=O)Nc2nc(-c3ccncc3)cs2)[SiH2]C)cc1. The van der Waals surface area contributed by atoms with E-state index in [1.807, 2.05) is 41.8 Å². The number of rotatable bonds is 6. The molecule has 0 bridgehead atoms. The first kappa shape index (κ1) is 19.1. The van der Waals surface area contributed by atoms with Crippen LogP contribution >= 0.6 is 11.3 Å². The molecule has 27 heavy (non-hydrogen) atoms. The van der Waals surface area contributed by atoms with Gasteiger partial charge in [0.05, 0.1) is 22.3 Å². The second kappa shape index (κ2) is 8.32. The van der Waals surface area contributed by atoms with Crippen molar-refractivity contribution in [3.63, 3.8) is 0 Å². The van der Waals surface area contributed by atoms with Gasteiger partial charge in [-0.2, -0.15) is 0 Å². The molecular weight excluding hydrogens is 376 g/mol. The summed E-state index contributed by atoms with van der Waals surface area (Å²) < 4.78 is 5.22. The van der Waals surface area contributed by atoms with Gasteiger partial charge in [0.1, 0.15) is 5.75 Å². The average Bonchev–Trinajstić information content (AvgIpc) is 3.17. The molecule has 0 fully saturated rings. The summed E-state index contributed by atoms with van der Waals surface area (Å²) in [6.07, 6.45) is 3.45. The maximum Gasteiger partial charge on any atom is 0.321 e. The number of anilines is 1. The van der Waals surface area contributed by atoms with Crippen molar-refractivity contribution in [3.8, 4) is 17.0 Å². The zero-order valence-corrected chi connectivity index (χ0v) is 17.8. The zero-order chi connectivity index (χ0) is 19.3. The van der Waals surface area contributed by atoms with E-state index in [1.165, 1.54) is 11.3 Å². The lowest BCUT2D eigenvalue weighted by Gasteiger charge is -2.30. The summed E-state index contributed by atoms with van der Waals surface area (Å²) in [5, 5.41) is 8.10. The predicted octanol–water partition coefficient (Wildman–Crippen LogP) is 3.43. The quantitative estimate of drug-likeness (QED) is 0.624. The number of thiazole rings is 1. The van der Waals surface area contributed by atoms with Crippen molar-refractivity contribution in [1.82, 2.24) is 15.3 Å². The van der Waals surface area contributed by atoms with Crippen molar-refractivity contribution in [1.29, 1.82) is 0 Å². The average molecular weight is 399 g/mol. The van der Waals surface area contributed by atoms with Gasteiger partial charge in [0.2, 0.25) is 0 Å². The number of methoxy groups -OCH3 is 1. The summed E-state index contributed by atoms with van der Waals surface area (Å²) in [7, 11) is 1.05. The van der Waals surface area contributed by atoms with Crippen molar-refractivity contribution < 1.29 is 9.53 Å². The van der Waals surface area contributed by atoms with E-state index in [1.54, 1.807) is 19.5 Å². The maximum absolute atomic E-state index is 12.6. The minimum absolute atomic E-state index is 0.252. The van der Waals surface area contributed by atoms with Gasteiger partial charge in [-0.15, -0.1) is 11.3 Å². The molecule has 0 aliphatic carbocycles. The van der Waals surface area contributed by atoms with Crippen molar-refractivity contribution in [2.24, 2.45) is 0 Å². The minimum Gasteiger partial charge on any atom is -0.497 e. The van der Waals surface area contributed by atoms with Crippen LogP contribution in [0.4, 0.5) is 9.93 Å². The molecule has 0 spiro atoms. The fourth-order valence-corrected chi connectivity index (χ4v) is 4.38. The molecule has 8 heteroatoms. The number of nitrogens with one attached hydrogen (secondary N) is 2. The Hall–Kier alpha value is -2.71. The van der Waals surface area contributed by atoms with Crippen LogP contribution in [0.25, 0.3) is 11.3 Å². The standard InChI is InChI=1S/C19H22N4O2SSi/c1-19(27-3,14-4-6-15(25-2)7-5-14)23-17(24)22-18-21-16(12-26-18)13-8-10-20-11-9-13/h4-12H,27H2,1-3H3,(H2,21,22,23,24). The Bertz CT molecular complexity index is 902. The zero-order valence-electron chi connectivity index (χ0n) is 15.5. The number of benzene rings is 1. The number of pyridine rings is 1. The molecule has 2 aromatic heterocycles. The van der Waals surface area contributed by atoms with Crippen LogP contribution in [-0.4, -0.2) is 32.6 Å². The maximum atomic E-state index is 12.6. The van der Waals surface area contributed by atoms with E-state index in [0.29, 0.717) is 5.13 Å². The van der Waals surface area contributed by atoms with E-state index in [9.17, 15) is 4.79 Å². The molecule has 1 atom stereocenters. The van der Waals surface area contributed by atoms with Crippen LogP contribution in [0, 0.1) is 0 Å². The molecule has 0 saturated heterocycles. The lowest BCUT2D eigenvalue weighted by molar-refractivity contribution is 0.247. The highest BCUT2D eigenvalue weighted by Gasteiger charge is 2.27. The first-order chi connectivity index (χ1) is 13.0. The lowest BCUT2D eigenvalue weighted by atomic mass is 10.1. The number of urea groups is 1. The predicted molar refractivity (Wildman–Crippen MR) is 112 cm³/mol. The summed E-state index contributed by atoms with van der Waals surface area (Å²) in [4.78, 5) is 21.1. The van der Waals surface area contributed by atoms with Crippen molar-refractivity contribution >= 4 is 32.0 Å². The molecule has 140 valence electrons. The van der Waals surface area contributed by atoms with Crippen LogP contribution < -0.4 is 15.4 Å². The molecule has 2 amide bonds. The molecule has 3 rings (SSSR count). The molecular formula is C19H22N4O2SSi. The van der Waals surface area contributed by atoms with Gasteiger partial charge in [0.25, 0.3) is 0 Å². The van der Waals surface area contributed by atoms with Crippen LogP contribution in [0.3, 0.4) is 0 Å². The second-order valence-electron chi connectivity index (χ2n) is 6.27. The third-order valence-corrected chi connectivity index (χ3v) is 7.28. The van der Waals surface area contributed by atoms with E-state index in [4.69, 9.17) is 4.74 Å². The summed E-state index contributed by atoms with van der Waals surface area (Å²) in [6.45, 7) is 4.24. The summed E-state index contributed by atoms with van der Waals surface area (Å²) in [6, 6.07) is 11.4. The molecule has 0 aliphatic rings. The fourth-order valence-electron chi connectivity index (χ4n) is 2.69. The fraction of sp³-hybridized carbons (Fsp3) is 0.211. The largest absolute Gasteiger partial charge is 0.497 e.